The molecule has 0 aromatic heterocycles. The zero-order valence-corrected chi connectivity index (χ0v) is 5.48. The van der Waals surface area contributed by atoms with Gasteiger partial charge >= 0.3 is 0 Å². The van der Waals surface area contributed by atoms with Gasteiger partial charge in [-0.15, -0.1) is 0 Å². The molecule has 0 atom stereocenters. The van der Waals surface area contributed by atoms with Crippen LogP contribution in [0, 0.1) is 5.41 Å². The molecule has 3 nitrogen and oxygen atoms in total. The minimum absolute atomic E-state index is 0.131. The molecule has 0 aromatic rings. The van der Waals surface area contributed by atoms with Gasteiger partial charge in [0.1, 0.15) is 0 Å². The topological polar surface area (TPSA) is 53.0 Å². The van der Waals surface area contributed by atoms with Gasteiger partial charge in [-0.1, -0.05) is 12.7 Å². The van der Waals surface area contributed by atoms with E-state index in [2.05, 4.69) is 11.9 Å². The molecular weight excluding hydrogens is 128 g/mol. The first-order valence-corrected chi connectivity index (χ1v) is 2.94. The van der Waals surface area contributed by atoms with E-state index in [1.165, 1.54) is 12.3 Å². The van der Waals surface area contributed by atoms with Crippen LogP contribution in [0.25, 0.3) is 0 Å². The van der Waals surface area contributed by atoms with Crippen LogP contribution in [0.15, 0.2) is 23.8 Å². The Morgan fingerprint density at radius 2 is 2.40 bits per heavy atom. The number of rotatable bonds is 2. The predicted octanol–water partition coefficient (Wildman–Crippen LogP) is 0.248. The van der Waals surface area contributed by atoms with E-state index >= 15 is 0 Å². The zero-order valence-electron chi connectivity index (χ0n) is 5.48. The molecule has 0 saturated carbocycles. The summed E-state index contributed by atoms with van der Waals surface area (Å²) in [6.07, 6.45) is 2.65. The van der Waals surface area contributed by atoms with Crippen LogP contribution in [0.1, 0.15) is 0 Å². The maximum Gasteiger partial charge on any atom is 0.251 e. The predicted molar refractivity (Wildman–Crippen MR) is 39.0 cm³/mol. The highest BCUT2D eigenvalue weighted by Gasteiger charge is 2.17. The molecule has 0 bridgehead atoms. The van der Waals surface area contributed by atoms with Crippen LogP contribution in [0.5, 0.6) is 0 Å². The van der Waals surface area contributed by atoms with Gasteiger partial charge in [0.2, 0.25) is 0 Å². The van der Waals surface area contributed by atoms with E-state index in [4.69, 9.17) is 5.41 Å². The van der Waals surface area contributed by atoms with Crippen molar-refractivity contribution in [3.05, 3.63) is 23.8 Å². The Morgan fingerprint density at radius 3 is 2.80 bits per heavy atom. The first-order valence-electron chi connectivity index (χ1n) is 2.94. The largest absolute Gasteiger partial charge is 0.348 e. The number of hydrogen-bond donors (Lipinski definition) is 2. The fourth-order valence-electron chi connectivity index (χ4n) is 0.864. The number of carbonyl (C=O) groups excluding carboxylic acids is 1. The van der Waals surface area contributed by atoms with Crippen molar-refractivity contribution < 1.29 is 4.79 Å². The summed E-state index contributed by atoms with van der Waals surface area (Å²) in [6.45, 7) is 3.93. The lowest BCUT2D eigenvalue weighted by atomic mass is 10.2. The maximum atomic E-state index is 10.8. The van der Waals surface area contributed by atoms with Gasteiger partial charge in [-0.3, -0.25) is 4.79 Å². The molecule has 0 aliphatic carbocycles. The SMILES string of the molecule is C=CC1=C(C=N)CNC1=O. The molecule has 0 saturated heterocycles. The monoisotopic (exact) mass is 136 g/mol. The van der Waals surface area contributed by atoms with E-state index in [1.54, 1.807) is 0 Å². The minimum Gasteiger partial charge on any atom is -0.348 e. The Balaban J connectivity index is 3.02. The molecule has 0 aromatic carbocycles. The quantitative estimate of drug-likeness (QED) is 0.525. The molecule has 1 heterocycles. The molecule has 10 heavy (non-hydrogen) atoms. The number of amides is 1. The van der Waals surface area contributed by atoms with Crippen molar-refractivity contribution >= 4 is 12.1 Å². The van der Waals surface area contributed by atoms with Crippen molar-refractivity contribution in [1.82, 2.24) is 5.32 Å². The summed E-state index contributed by atoms with van der Waals surface area (Å²) in [5.74, 6) is -0.131. The van der Waals surface area contributed by atoms with E-state index in [9.17, 15) is 4.79 Å². The summed E-state index contributed by atoms with van der Waals surface area (Å²) in [6, 6.07) is 0. The zero-order chi connectivity index (χ0) is 7.56. The molecular formula is C7H8N2O. The summed E-state index contributed by atoms with van der Waals surface area (Å²) >= 11 is 0. The molecule has 0 radical (unpaired) electrons. The van der Waals surface area contributed by atoms with Gasteiger partial charge in [0.05, 0.1) is 0 Å². The van der Waals surface area contributed by atoms with Crippen LogP contribution >= 0.6 is 0 Å². The van der Waals surface area contributed by atoms with Crippen LogP contribution < -0.4 is 5.32 Å². The summed E-state index contributed by atoms with van der Waals surface area (Å²) < 4.78 is 0. The van der Waals surface area contributed by atoms with Gasteiger partial charge in [0.15, 0.2) is 0 Å². The lowest BCUT2D eigenvalue weighted by molar-refractivity contribution is -0.116. The molecule has 1 aliphatic heterocycles. The molecule has 0 unspecified atom stereocenters. The van der Waals surface area contributed by atoms with E-state index in [0.29, 0.717) is 17.7 Å². The van der Waals surface area contributed by atoms with E-state index in [0.717, 1.165) is 0 Å². The van der Waals surface area contributed by atoms with Gasteiger partial charge in [-0.25, -0.2) is 0 Å². The third-order valence-electron chi connectivity index (χ3n) is 1.41. The van der Waals surface area contributed by atoms with Gasteiger partial charge in [-0.05, 0) is 0 Å². The highest BCUT2D eigenvalue weighted by atomic mass is 16.1. The smallest absolute Gasteiger partial charge is 0.251 e. The van der Waals surface area contributed by atoms with Gasteiger partial charge in [-0.2, -0.15) is 0 Å². The van der Waals surface area contributed by atoms with Gasteiger partial charge in [0.25, 0.3) is 5.91 Å². The van der Waals surface area contributed by atoms with Crippen LogP contribution in [-0.4, -0.2) is 18.7 Å². The molecule has 1 rings (SSSR count). The van der Waals surface area contributed by atoms with E-state index in [-0.39, 0.29) is 5.91 Å². The lowest BCUT2D eigenvalue weighted by Gasteiger charge is -1.87. The van der Waals surface area contributed by atoms with E-state index < -0.39 is 0 Å². The van der Waals surface area contributed by atoms with Crippen LogP contribution in [0.2, 0.25) is 0 Å². The third-order valence-corrected chi connectivity index (χ3v) is 1.41. The second-order valence-electron chi connectivity index (χ2n) is 1.97. The Morgan fingerprint density at radius 1 is 1.70 bits per heavy atom. The first-order chi connectivity index (χ1) is 4.79. The van der Waals surface area contributed by atoms with E-state index in [1.807, 2.05) is 0 Å². The Hall–Kier alpha value is -1.38. The molecule has 2 N–H and O–H groups in total. The minimum atomic E-state index is -0.131. The molecule has 0 spiro atoms. The van der Waals surface area contributed by atoms with Crippen molar-refractivity contribution in [1.29, 1.82) is 5.41 Å². The Bertz CT molecular complexity index is 228. The Labute approximate surface area is 58.9 Å². The average molecular weight is 136 g/mol. The van der Waals surface area contributed by atoms with Crippen molar-refractivity contribution in [3.63, 3.8) is 0 Å². The van der Waals surface area contributed by atoms with Gasteiger partial charge in [0, 0.05) is 23.9 Å². The standard InChI is InChI=1S/C7H8N2O/c1-2-6-5(3-8)4-9-7(6)10/h2-3,8H,1,4H2,(H,9,10). The summed E-state index contributed by atoms with van der Waals surface area (Å²) in [5.41, 5.74) is 1.23. The average Bonchev–Trinajstić information content (AvgIpc) is 2.30. The van der Waals surface area contributed by atoms with Gasteiger partial charge < -0.3 is 10.7 Å². The second-order valence-corrected chi connectivity index (χ2v) is 1.97. The van der Waals surface area contributed by atoms with Crippen molar-refractivity contribution in [3.8, 4) is 0 Å². The maximum absolute atomic E-state index is 10.8. The fourth-order valence-corrected chi connectivity index (χ4v) is 0.864. The van der Waals surface area contributed by atoms with Crippen LogP contribution in [0.4, 0.5) is 0 Å². The van der Waals surface area contributed by atoms with Crippen LogP contribution in [0.3, 0.4) is 0 Å². The molecule has 0 fully saturated rings. The van der Waals surface area contributed by atoms with Crippen molar-refractivity contribution in [2.45, 2.75) is 0 Å². The van der Waals surface area contributed by atoms with Crippen molar-refractivity contribution in [2.75, 3.05) is 6.54 Å². The van der Waals surface area contributed by atoms with Crippen molar-refractivity contribution in [2.24, 2.45) is 0 Å². The normalized spacial score (nSPS) is 17.0. The number of nitrogens with one attached hydrogen (secondary N) is 2. The lowest BCUT2D eigenvalue weighted by Crippen LogP contribution is -2.16. The first kappa shape index (κ1) is 6.74. The summed E-state index contributed by atoms with van der Waals surface area (Å²) in [7, 11) is 0. The highest BCUT2D eigenvalue weighted by molar-refractivity contribution is 6.05. The third kappa shape index (κ3) is 0.857. The summed E-state index contributed by atoms with van der Waals surface area (Å²) in [4.78, 5) is 10.8. The van der Waals surface area contributed by atoms with Crippen LogP contribution in [-0.2, 0) is 4.79 Å². The molecule has 3 heteroatoms. The Kier molecular flexibility index (Phi) is 1.67. The highest BCUT2D eigenvalue weighted by Crippen LogP contribution is 2.08. The summed E-state index contributed by atoms with van der Waals surface area (Å²) in [5, 5.41) is 9.49. The molecule has 1 amide bonds. The second kappa shape index (κ2) is 2.47. The molecule has 1 aliphatic rings. The molecule has 52 valence electrons. The fraction of sp³-hybridized carbons (Fsp3) is 0.143. The number of carbonyl (C=O) groups is 1. The number of hydrogen-bond acceptors (Lipinski definition) is 2.